The first-order chi connectivity index (χ1) is 14.9. The number of barbiturate groups is 1. The molecule has 4 rings (SSSR count). The Morgan fingerprint density at radius 1 is 1.03 bits per heavy atom. The van der Waals surface area contributed by atoms with Gasteiger partial charge in [0.2, 0.25) is 5.76 Å². The van der Waals surface area contributed by atoms with Gasteiger partial charge in [-0.25, -0.2) is 14.5 Å². The van der Waals surface area contributed by atoms with Gasteiger partial charge in [0.05, 0.1) is 12.0 Å². The lowest BCUT2D eigenvalue weighted by molar-refractivity contribution is -0.122. The highest BCUT2D eigenvalue weighted by atomic mass is 16.5. The molecule has 0 atom stereocenters. The molecule has 8 heteroatoms. The van der Waals surface area contributed by atoms with Crippen molar-refractivity contribution in [1.29, 1.82) is 0 Å². The first-order valence-electron chi connectivity index (χ1n) is 9.27. The zero-order valence-corrected chi connectivity index (χ0v) is 16.3. The summed E-state index contributed by atoms with van der Waals surface area (Å²) in [5, 5.41) is 2.17. The van der Waals surface area contributed by atoms with Crippen molar-refractivity contribution in [3.05, 3.63) is 89.4 Å². The summed E-state index contributed by atoms with van der Waals surface area (Å²) in [5.74, 6) is -2.23. The van der Waals surface area contributed by atoms with Crippen LogP contribution in [-0.4, -0.2) is 23.8 Å². The quantitative estimate of drug-likeness (QED) is 0.302. The number of nitrogens with one attached hydrogen (secondary N) is 1. The van der Waals surface area contributed by atoms with Crippen molar-refractivity contribution in [2.45, 2.75) is 6.92 Å². The Morgan fingerprint density at radius 3 is 2.58 bits per heavy atom. The van der Waals surface area contributed by atoms with E-state index in [-0.39, 0.29) is 17.1 Å². The fraction of sp³-hybridized carbons (Fsp3) is 0.0435. The maximum atomic E-state index is 13.0. The Hall–Kier alpha value is -4.46. The van der Waals surface area contributed by atoms with Crippen LogP contribution in [-0.2, 0) is 9.59 Å². The van der Waals surface area contributed by atoms with Crippen molar-refractivity contribution in [3.63, 3.8) is 0 Å². The number of esters is 1. The maximum absolute atomic E-state index is 13.0. The monoisotopic (exact) mass is 416 g/mol. The van der Waals surface area contributed by atoms with Crippen LogP contribution < -0.4 is 15.0 Å². The fourth-order valence-electron chi connectivity index (χ4n) is 3.05. The van der Waals surface area contributed by atoms with Crippen molar-refractivity contribution in [3.8, 4) is 5.75 Å². The standard InChI is InChI=1S/C23H16N2O6/c1-14-6-4-8-16(12-14)25-21(27)17(20(26)24-23(25)29)13-15-7-2-3-9-18(15)31-22(28)19-10-5-11-30-19/h2-13H,1H3,(H,24,26,29)/b17-13-. The molecule has 0 aliphatic carbocycles. The number of anilines is 1. The lowest BCUT2D eigenvalue weighted by Gasteiger charge is -2.26. The summed E-state index contributed by atoms with van der Waals surface area (Å²) >= 11 is 0. The molecule has 154 valence electrons. The number of amides is 4. The summed E-state index contributed by atoms with van der Waals surface area (Å²) in [5.41, 5.74) is 1.20. The number of nitrogens with zero attached hydrogens (tertiary/aromatic N) is 1. The molecule has 31 heavy (non-hydrogen) atoms. The first-order valence-corrected chi connectivity index (χ1v) is 9.27. The van der Waals surface area contributed by atoms with Crippen LogP contribution in [0.25, 0.3) is 6.08 Å². The van der Waals surface area contributed by atoms with E-state index in [0.717, 1.165) is 10.5 Å². The molecule has 1 aliphatic rings. The molecular formula is C23H16N2O6. The molecule has 1 fully saturated rings. The molecule has 2 aromatic carbocycles. The maximum Gasteiger partial charge on any atom is 0.379 e. The Labute approximate surface area is 176 Å². The van der Waals surface area contributed by atoms with E-state index in [0.29, 0.717) is 11.3 Å². The van der Waals surface area contributed by atoms with Gasteiger partial charge in [-0.3, -0.25) is 14.9 Å². The molecule has 0 unspecified atom stereocenters. The number of rotatable bonds is 4. The molecule has 0 spiro atoms. The molecule has 0 bridgehead atoms. The van der Waals surface area contributed by atoms with E-state index in [1.165, 1.54) is 24.5 Å². The van der Waals surface area contributed by atoms with Crippen molar-refractivity contribution in [1.82, 2.24) is 5.32 Å². The minimum atomic E-state index is -0.842. The molecule has 0 saturated carbocycles. The molecule has 4 amide bonds. The van der Waals surface area contributed by atoms with Crippen LogP contribution in [0.1, 0.15) is 21.7 Å². The van der Waals surface area contributed by atoms with Crippen molar-refractivity contribution in [2.75, 3.05) is 4.90 Å². The van der Waals surface area contributed by atoms with E-state index >= 15 is 0 Å². The van der Waals surface area contributed by atoms with E-state index in [4.69, 9.17) is 9.15 Å². The molecule has 1 aromatic heterocycles. The van der Waals surface area contributed by atoms with Gasteiger partial charge < -0.3 is 9.15 Å². The highest BCUT2D eigenvalue weighted by Gasteiger charge is 2.37. The lowest BCUT2D eigenvalue weighted by Crippen LogP contribution is -2.54. The Balaban J connectivity index is 1.69. The zero-order valence-electron chi connectivity index (χ0n) is 16.3. The minimum absolute atomic E-state index is 0.00478. The van der Waals surface area contributed by atoms with E-state index in [9.17, 15) is 19.2 Å². The third-order valence-electron chi connectivity index (χ3n) is 4.51. The smallest absolute Gasteiger partial charge is 0.379 e. The minimum Gasteiger partial charge on any atom is -0.457 e. The van der Waals surface area contributed by atoms with Crippen LogP contribution in [0.5, 0.6) is 5.75 Å². The van der Waals surface area contributed by atoms with E-state index in [2.05, 4.69) is 5.32 Å². The number of imide groups is 2. The summed E-state index contributed by atoms with van der Waals surface area (Å²) in [6.07, 6.45) is 2.62. The van der Waals surface area contributed by atoms with Gasteiger partial charge >= 0.3 is 12.0 Å². The number of benzene rings is 2. The SMILES string of the molecule is Cc1cccc(N2C(=O)NC(=O)/C(=C/c3ccccc3OC(=O)c3ccco3)C2=O)c1. The molecule has 2 heterocycles. The molecular weight excluding hydrogens is 400 g/mol. The second-order valence-corrected chi connectivity index (χ2v) is 6.70. The number of carbonyl (C=O) groups is 4. The van der Waals surface area contributed by atoms with Crippen molar-refractivity contribution in [2.24, 2.45) is 0 Å². The number of hydrogen-bond donors (Lipinski definition) is 1. The van der Waals surface area contributed by atoms with Gasteiger partial charge in [0.1, 0.15) is 11.3 Å². The molecule has 8 nitrogen and oxygen atoms in total. The molecule has 3 aromatic rings. The van der Waals surface area contributed by atoms with Gasteiger partial charge in [0.15, 0.2) is 0 Å². The Kier molecular flexibility index (Phi) is 5.19. The number of ether oxygens (including phenoxy) is 1. The van der Waals surface area contributed by atoms with Crippen LogP contribution in [0.3, 0.4) is 0 Å². The third-order valence-corrected chi connectivity index (χ3v) is 4.51. The number of para-hydroxylation sites is 1. The fourth-order valence-corrected chi connectivity index (χ4v) is 3.05. The average molecular weight is 416 g/mol. The Bertz CT molecular complexity index is 1230. The van der Waals surface area contributed by atoms with Crippen LogP contribution in [0.2, 0.25) is 0 Å². The first kappa shape index (κ1) is 19.8. The lowest BCUT2D eigenvalue weighted by atomic mass is 10.1. The average Bonchev–Trinajstić information content (AvgIpc) is 3.27. The van der Waals surface area contributed by atoms with Crippen LogP contribution in [0.15, 0.2) is 76.9 Å². The van der Waals surface area contributed by atoms with Gasteiger partial charge in [-0.15, -0.1) is 0 Å². The summed E-state index contributed by atoms with van der Waals surface area (Å²) in [7, 11) is 0. The second kappa shape index (κ2) is 8.11. The van der Waals surface area contributed by atoms with Gasteiger partial charge in [-0.05, 0) is 48.9 Å². The van der Waals surface area contributed by atoms with Gasteiger partial charge in [0.25, 0.3) is 11.8 Å². The number of carbonyl (C=O) groups excluding carboxylic acids is 4. The van der Waals surface area contributed by atoms with Crippen molar-refractivity contribution < 1.29 is 28.3 Å². The highest BCUT2D eigenvalue weighted by Crippen LogP contribution is 2.26. The third kappa shape index (κ3) is 3.99. The predicted octanol–water partition coefficient (Wildman–Crippen LogP) is 3.47. The van der Waals surface area contributed by atoms with Gasteiger partial charge in [-0.1, -0.05) is 30.3 Å². The van der Waals surface area contributed by atoms with Crippen LogP contribution in [0.4, 0.5) is 10.5 Å². The summed E-state index contributed by atoms with van der Waals surface area (Å²) in [6, 6.07) is 15.3. The molecule has 1 saturated heterocycles. The number of hydrogen-bond acceptors (Lipinski definition) is 6. The van der Waals surface area contributed by atoms with Gasteiger partial charge in [0, 0.05) is 5.56 Å². The number of furan rings is 1. The molecule has 0 radical (unpaired) electrons. The summed E-state index contributed by atoms with van der Waals surface area (Å²) < 4.78 is 10.4. The number of aryl methyl sites for hydroxylation is 1. The van der Waals surface area contributed by atoms with Crippen molar-refractivity contribution >= 4 is 35.6 Å². The topological polar surface area (TPSA) is 106 Å². The van der Waals surface area contributed by atoms with Crippen LogP contribution in [0, 0.1) is 6.92 Å². The van der Waals surface area contributed by atoms with Gasteiger partial charge in [-0.2, -0.15) is 0 Å². The highest BCUT2D eigenvalue weighted by molar-refractivity contribution is 6.39. The zero-order chi connectivity index (χ0) is 22.0. The molecule has 1 aliphatic heterocycles. The second-order valence-electron chi connectivity index (χ2n) is 6.70. The summed E-state index contributed by atoms with van der Waals surface area (Å²) in [6.45, 7) is 1.82. The summed E-state index contributed by atoms with van der Waals surface area (Å²) in [4.78, 5) is 50.9. The number of urea groups is 1. The molecule has 1 N–H and O–H groups in total. The van der Waals surface area contributed by atoms with Crippen LogP contribution >= 0.6 is 0 Å². The largest absolute Gasteiger partial charge is 0.457 e. The predicted molar refractivity (Wildman–Crippen MR) is 110 cm³/mol. The van der Waals surface area contributed by atoms with E-state index in [1.807, 2.05) is 13.0 Å². The van der Waals surface area contributed by atoms with E-state index in [1.54, 1.807) is 42.5 Å². The normalized spacial score (nSPS) is 15.2. The Morgan fingerprint density at radius 2 is 1.84 bits per heavy atom. The van der Waals surface area contributed by atoms with E-state index < -0.39 is 23.8 Å².